The second-order valence-corrected chi connectivity index (χ2v) is 4.41. The molecule has 0 spiro atoms. The van der Waals surface area contributed by atoms with Gasteiger partial charge in [0.2, 0.25) is 0 Å². The summed E-state index contributed by atoms with van der Waals surface area (Å²) in [5.41, 5.74) is 12.7. The first-order valence-corrected chi connectivity index (χ1v) is 5.73. The van der Waals surface area contributed by atoms with Crippen LogP contribution in [-0.4, -0.2) is 29.2 Å². The van der Waals surface area contributed by atoms with Crippen molar-refractivity contribution in [2.45, 2.75) is 0 Å². The van der Waals surface area contributed by atoms with Crippen LogP contribution in [0.25, 0.3) is 10.8 Å². The highest BCUT2D eigenvalue weighted by Gasteiger charge is 2.34. The predicted molar refractivity (Wildman–Crippen MR) is 71.6 cm³/mol. The SMILES string of the molecule is COc1cc2c3c(ccc(N)c3c1N)C(=O)N(O)C2=O. The zero-order chi connectivity index (χ0) is 14.6. The van der Waals surface area contributed by atoms with Crippen LogP contribution in [0.5, 0.6) is 5.75 Å². The van der Waals surface area contributed by atoms with Crippen LogP contribution in [0.4, 0.5) is 11.4 Å². The van der Waals surface area contributed by atoms with Crippen LogP contribution in [0.2, 0.25) is 0 Å². The van der Waals surface area contributed by atoms with Gasteiger partial charge in [0.15, 0.2) is 0 Å². The number of nitrogen functional groups attached to an aromatic ring is 2. The van der Waals surface area contributed by atoms with Crippen LogP contribution < -0.4 is 16.2 Å². The molecule has 0 unspecified atom stereocenters. The third kappa shape index (κ3) is 1.32. The summed E-state index contributed by atoms with van der Waals surface area (Å²) < 4.78 is 5.11. The summed E-state index contributed by atoms with van der Waals surface area (Å²) in [6.07, 6.45) is 0. The minimum Gasteiger partial charge on any atom is -0.495 e. The van der Waals surface area contributed by atoms with Gasteiger partial charge in [0.25, 0.3) is 11.8 Å². The van der Waals surface area contributed by atoms with Gasteiger partial charge in [-0.25, -0.2) is 0 Å². The Hall–Kier alpha value is -2.80. The van der Waals surface area contributed by atoms with E-state index in [0.29, 0.717) is 16.5 Å². The lowest BCUT2D eigenvalue weighted by Crippen LogP contribution is -2.37. The summed E-state index contributed by atoms with van der Waals surface area (Å²) in [5, 5.41) is 10.4. The van der Waals surface area contributed by atoms with Gasteiger partial charge in [0, 0.05) is 16.5 Å². The zero-order valence-corrected chi connectivity index (χ0v) is 10.5. The largest absolute Gasteiger partial charge is 0.495 e. The van der Waals surface area contributed by atoms with E-state index in [1.807, 2.05) is 0 Å². The molecule has 0 bridgehead atoms. The normalized spacial score (nSPS) is 14.0. The van der Waals surface area contributed by atoms with E-state index in [9.17, 15) is 14.8 Å². The number of rotatable bonds is 1. The van der Waals surface area contributed by atoms with Gasteiger partial charge < -0.3 is 16.2 Å². The number of carbonyl (C=O) groups is 2. The van der Waals surface area contributed by atoms with E-state index >= 15 is 0 Å². The highest BCUT2D eigenvalue weighted by atomic mass is 16.5. The van der Waals surface area contributed by atoms with E-state index < -0.39 is 11.8 Å². The molecule has 0 radical (unpaired) electrons. The molecule has 3 rings (SSSR count). The molecule has 1 heterocycles. The van der Waals surface area contributed by atoms with Gasteiger partial charge >= 0.3 is 0 Å². The molecule has 2 aromatic rings. The molecule has 0 atom stereocenters. The Morgan fingerprint density at radius 3 is 2.40 bits per heavy atom. The molecule has 0 aromatic heterocycles. The summed E-state index contributed by atoms with van der Waals surface area (Å²) in [4.78, 5) is 24.0. The molecule has 20 heavy (non-hydrogen) atoms. The van der Waals surface area contributed by atoms with Gasteiger partial charge in [-0.2, -0.15) is 0 Å². The number of carbonyl (C=O) groups excluding carboxylic acids is 2. The molecular formula is C13H11N3O4. The average Bonchev–Trinajstić information content (AvgIpc) is 2.44. The van der Waals surface area contributed by atoms with E-state index in [1.165, 1.54) is 25.3 Å². The molecule has 2 amide bonds. The smallest absolute Gasteiger partial charge is 0.285 e. The summed E-state index contributed by atoms with van der Waals surface area (Å²) in [6, 6.07) is 4.34. The minimum atomic E-state index is -0.837. The molecule has 2 aromatic carbocycles. The number of methoxy groups -OCH3 is 1. The highest BCUT2D eigenvalue weighted by Crippen LogP contribution is 2.41. The summed E-state index contributed by atoms with van der Waals surface area (Å²) in [6.45, 7) is 0. The topological polar surface area (TPSA) is 119 Å². The standard InChI is InChI=1S/C13H11N3O4/c1-20-8-4-6-9-5(12(17)16(19)13(6)18)2-3-7(14)10(9)11(8)15/h2-4,19H,14-15H2,1H3. The van der Waals surface area contributed by atoms with Crippen molar-refractivity contribution in [3.05, 3.63) is 29.3 Å². The molecule has 0 aliphatic carbocycles. The van der Waals surface area contributed by atoms with E-state index in [2.05, 4.69) is 0 Å². The third-order valence-electron chi connectivity index (χ3n) is 3.38. The van der Waals surface area contributed by atoms with Crippen LogP contribution in [0.1, 0.15) is 20.7 Å². The lowest BCUT2D eigenvalue weighted by molar-refractivity contribution is -0.0377. The maximum Gasteiger partial charge on any atom is 0.285 e. The van der Waals surface area contributed by atoms with Crippen LogP contribution in [0.3, 0.4) is 0 Å². The Labute approximate surface area is 113 Å². The van der Waals surface area contributed by atoms with E-state index in [1.54, 1.807) is 0 Å². The van der Waals surface area contributed by atoms with Gasteiger partial charge in [0.1, 0.15) is 5.75 Å². The fourth-order valence-corrected chi connectivity index (χ4v) is 2.43. The lowest BCUT2D eigenvalue weighted by atomic mass is 9.92. The third-order valence-corrected chi connectivity index (χ3v) is 3.38. The number of nitrogens with two attached hydrogens (primary N) is 2. The van der Waals surface area contributed by atoms with Crippen molar-refractivity contribution in [3.8, 4) is 5.75 Å². The van der Waals surface area contributed by atoms with Crippen molar-refractivity contribution < 1.29 is 19.5 Å². The number of hydrogen-bond donors (Lipinski definition) is 3. The van der Waals surface area contributed by atoms with Crippen LogP contribution in [-0.2, 0) is 0 Å². The highest BCUT2D eigenvalue weighted by molar-refractivity contribution is 6.28. The monoisotopic (exact) mass is 273 g/mol. The zero-order valence-electron chi connectivity index (χ0n) is 10.5. The van der Waals surface area contributed by atoms with Crippen molar-refractivity contribution in [3.63, 3.8) is 0 Å². The predicted octanol–water partition coefficient (Wildman–Crippen LogP) is 0.998. The van der Waals surface area contributed by atoms with Gasteiger partial charge in [-0.3, -0.25) is 14.8 Å². The van der Waals surface area contributed by atoms with Crippen molar-refractivity contribution in [1.82, 2.24) is 5.06 Å². The van der Waals surface area contributed by atoms with Crippen LogP contribution in [0.15, 0.2) is 18.2 Å². The number of imide groups is 1. The van der Waals surface area contributed by atoms with Crippen molar-refractivity contribution >= 4 is 34.0 Å². The Morgan fingerprint density at radius 2 is 1.75 bits per heavy atom. The molecular weight excluding hydrogens is 262 g/mol. The Morgan fingerprint density at radius 1 is 1.10 bits per heavy atom. The van der Waals surface area contributed by atoms with Gasteiger partial charge in [-0.05, 0) is 18.2 Å². The maximum atomic E-state index is 12.0. The molecule has 0 saturated heterocycles. The van der Waals surface area contributed by atoms with Crippen molar-refractivity contribution in [1.29, 1.82) is 0 Å². The Balaban J connectivity index is 2.57. The molecule has 1 aliphatic rings. The molecule has 7 nitrogen and oxygen atoms in total. The number of anilines is 2. The van der Waals surface area contributed by atoms with Crippen molar-refractivity contribution in [2.24, 2.45) is 0 Å². The van der Waals surface area contributed by atoms with E-state index in [4.69, 9.17) is 16.2 Å². The second kappa shape index (κ2) is 3.84. The molecule has 102 valence electrons. The second-order valence-electron chi connectivity index (χ2n) is 4.41. The first-order chi connectivity index (χ1) is 9.47. The summed E-state index contributed by atoms with van der Waals surface area (Å²) in [7, 11) is 1.40. The molecule has 7 heteroatoms. The van der Waals surface area contributed by atoms with Gasteiger partial charge in [-0.15, -0.1) is 5.06 Å². The fourth-order valence-electron chi connectivity index (χ4n) is 2.43. The summed E-state index contributed by atoms with van der Waals surface area (Å²) in [5.74, 6) is -1.39. The number of hydroxylamine groups is 2. The van der Waals surface area contributed by atoms with E-state index in [-0.39, 0.29) is 27.6 Å². The van der Waals surface area contributed by atoms with Gasteiger partial charge in [0.05, 0.1) is 23.9 Å². The number of nitrogens with zero attached hydrogens (tertiary/aromatic N) is 1. The molecule has 0 fully saturated rings. The first kappa shape index (κ1) is 12.2. The number of benzene rings is 2. The van der Waals surface area contributed by atoms with Crippen LogP contribution >= 0.6 is 0 Å². The number of hydrogen-bond acceptors (Lipinski definition) is 6. The molecule has 1 aliphatic heterocycles. The van der Waals surface area contributed by atoms with E-state index in [0.717, 1.165) is 0 Å². The summed E-state index contributed by atoms with van der Waals surface area (Å²) >= 11 is 0. The average molecular weight is 273 g/mol. The molecule has 0 saturated carbocycles. The van der Waals surface area contributed by atoms with Crippen LogP contribution in [0, 0.1) is 0 Å². The Bertz CT molecular complexity index is 785. The minimum absolute atomic E-state index is 0.0723. The fraction of sp³-hybridized carbons (Fsp3) is 0.0769. The first-order valence-electron chi connectivity index (χ1n) is 5.73. The number of ether oxygens (including phenoxy) is 1. The Kier molecular flexibility index (Phi) is 2.35. The van der Waals surface area contributed by atoms with Crippen molar-refractivity contribution in [2.75, 3.05) is 18.6 Å². The van der Waals surface area contributed by atoms with Gasteiger partial charge in [-0.1, -0.05) is 0 Å². The lowest BCUT2D eigenvalue weighted by Gasteiger charge is -2.24. The molecule has 5 N–H and O–H groups in total. The maximum absolute atomic E-state index is 12.0. The quantitative estimate of drug-likeness (QED) is 0.405. The number of amides is 2.